The molecule has 180 valence electrons. The Labute approximate surface area is 199 Å². The second-order valence-electron chi connectivity index (χ2n) is 8.53. The molecular formula is C26H32N4O4. The van der Waals surface area contributed by atoms with Crippen LogP contribution < -0.4 is 15.4 Å². The van der Waals surface area contributed by atoms with E-state index in [1.165, 1.54) is 0 Å². The quantitative estimate of drug-likeness (QED) is 0.343. The van der Waals surface area contributed by atoms with Gasteiger partial charge in [0, 0.05) is 49.6 Å². The molecular weight excluding hydrogens is 432 g/mol. The van der Waals surface area contributed by atoms with E-state index in [1.807, 2.05) is 54.6 Å². The molecule has 0 unspecified atom stereocenters. The van der Waals surface area contributed by atoms with E-state index in [0.717, 1.165) is 28.4 Å². The van der Waals surface area contributed by atoms with Crippen LogP contribution in [0.3, 0.4) is 0 Å². The lowest BCUT2D eigenvalue weighted by molar-refractivity contribution is -0.127. The minimum Gasteiger partial charge on any atom is -0.497 e. The lowest BCUT2D eigenvalue weighted by Gasteiger charge is -2.22. The van der Waals surface area contributed by atoms with Crippen LogP contribution in [0.5, 0.6) is 5.75 Å². The molecule has 4 N–H and O–H groups in total. The molecule has 0 aliphatic heterocycles. The van der Waals surface area contributed by atoms with Gasteiger partial charge in [0.05, 0.1) is 25.7 Å². The minimum absolute atomic E-state index is 0.122. The second-order valence-corrected chi connectivity index (χ2v) is 8.53. The van der Waals surface area contributed by atoms with Crippen molar-refractivity contribution >= 4 is 5.91 Å². The molecule has 3 aromatic rings. The van der Waals surface area contributed by atoms with Crippen LogP contribution in [-0.2, 0) is 16.1 Å². The minimum atomic E-state index is -0.852. The summed E-state index contributed by atoms with van der Waals surface area (Å²) in [5.74, 6) is 0.519. The highest BCUT2D eigenvalue weighted by atomic mass is 16.5. The van der Waals surface area contributed by atoms with Gasteiger partial charge in [-0.15, -0.1) is 0 Å². The zero-order valence-electron chi connectivity index (χ0n) is 19.5. The largest absolute Gasteiger partial charge is 0.497 e. The maximum Gasteiger partial charge on any atom is 0.225 e. The molecule has 0 radical (unpaired) electrons. The van der Waals surface area contributed by atoms with Crippen molar-refractivity contribution in [3.63, 3.8) is 0 Å². The van der Waals surface area contributed by atoms with Crippen LogP contribution in [-0.4, -0.2) is 60.5 Å². The van der Waals surface area contributed by atoms with Gasteiger partial charge in [-0.3, -0.25) is 4.79 Å². The predicted octanol–water partition coefficient (Wildman–Crippen LogP) is 2.47. The fraction of sp³-hybridized carbons (Fsp3) is 0.385. The third-order valence-electron chi connectivity index (χ3n) is 6.37. The normalized spacial score (nSPS) is 22.0. The fourth-order valence-corrected chi connectivity index (χ4v) is 4.61. The van der Waals surface area contributed by atoms with Crippen molar-refractivity contribution in [2.75, 3.05) is 27.4 Å². The Morgan fingerprint density at radius 1 is 1.18 bits per heavy atom. The van der Waals surface area contributed by atoms with Crippen molar-refractivity contribution in [3.8, 4) is 17.1 Å². The Morgan fingerprint density at radius 3 is 2.76 bits per heavy atom. The summed E-state index contributed by atoms with van der Waals surface area (Å²) in [5.41, 5.74) is 2.84. The van der Waals surface area contributed by atoms with Gasteiger partial charge < -0.3 is 30.2 Å². The molecule has 1 fully saturated rings. The number of aromatic amines is 1. The first-order valence-electron chi connectivity index (χ1n) is 11.5. The second kappa shape index (κ2) is 11.3. The molecule has 1 heterocycles. The number of nitrogens with one attached hydrogen (secondary N) is 3. The SMILES string of the molecule is COCCNC(=O)[C@H]1C[C@@H](NCc2cccc(OC)c2)[C@H](c2cnc(-c3ccccc3)[nH]2)[C@@H]1O. The smallest absolute Gasteiger partial charge is 0.225 e. The number of nitrogens with zero attached hydrogens (tertiary/aromatic N) is 1. The van der Waals surface area contributed by atoms with Gasteiger partial charge in [0.2, 0.25) is 5.91 Å². The molecule has 4 rings (SSSR count). The standard InChI is InChI=1S/C26H32N4O4/c1-33-12-11-27-26(32)20-14-21(28-15-17-7-6-10-19(13-17)34-2)23(24(20)31)22-16-29-25(30-22)18-8-4-3-5-9-18/h3-10,13,16,20-21,23-24,28,31H,11-12,14-15H2,1-2H3,(H,27,32)(H,29,30)/t20-,21+,23+,24+/m0/s1. The number of aliphatic hydroxyl groups excluding tert-OH is 1. The molecule has 0 bridgehead atoms. The molecule has 8 heteroatoms. The number of aromatic nitrogens is 2. The summed E-state index contributed by atoms with van der Waals surface area (Å²) in [7, 11) is 3.24. The Morgan fingerprint density at radius 2 is 2.00 bits per heavy atom. The van der Waals surface area contributed by atoms with Gasteiger partial charge in [-0.1, -0.05) is 42.5 Å². The topological polar surface area (TPSA) is 109 Å². The summed E-state index contributed by atoms with van der Waals surface area (Å²) in [6, 6.07) is 17.6. The van der Waals surface area contributed by atoms with Crippen molar-refractivity contribution in [2.45, 2.75) is 31.0 Å². The average molecular weight is 465 g/mol. The summed E-state index contributed by atoms with van der Waals surface area (Å²) >= 11 is 0. The van der Waals surface area contributed by atoms with Gasteiger partial charge in [0.25, 0.3) is 0 Å². The van der Waals surface area contributed by atoms with Gasteiger partial charge in [0.1, 0.15) is 11.6 Å². The number of imidazole rings is 1. The molecule has 4 atom stereocenters. The summed E-state index contributed by atoms with van der Waals surface area (Å²) in [6.07, 6.45) is 1.42. The van der Waals surface area contributed by atoms with Gasteiger partial charge in [-0.2, -0.15) is 0 Å². The predicted molar refractivity (Wildman–Crippen MR) is 129 cm³/mol. The first kappa shape index (κ1) is 23.9. The van der Waals surface area contributed by atoms with Crippen LogP contribution >= 0.6 is 0 Å². The van der Waals surface area contributed by atoms with Crippen LogP contribution in [0.15, 0.2) is 60.8 Å². The van der Waals surface area contributed by atoms with Crippen molar-refractivity contribution in [1.29, 1.82) is 0 Å². The Bertz CT molecular complexity index is 1070. The number of hydrogen-bond donors (Lipinski definition) is 4. The first-order valence-corrected chi connectivity index (χ1v) is 11.5. The van der Waals surface area contributed by atoms with Gasteiger partial charge >= 0.3 is 0 Å². The number of rotatable bonds is 10. The molecule has 0 saturated heterocycles. The zero-order chi connectivity index (χ0) is 23.9. The maximum atomic E-state index is 12.8. The molecule has 1 aliphatic carbocycles. The lowest BCUT2D eigenvalue weighted by atomic mass is 9.96. The third kappa shape index (κ3) is 5.47. The number of carbonyl (C=O) groups is 1. The molecule has 0 spiro atoms. The van der Waals surface area contributed by atoms with E-state index in [-0.39, 0.29) is 17.9 Å². The van der Waals surface area contributed by atoms with E-state index in [4.69, 9.17) is 9.47 Å². The lowest BCUT2D eigenvalue weighted by Crippen LogP contribution is -2.37. The van der Waals surface area contributed by atoms with Crippen LogP contribution in [0.2, 0.25) is 0 Å². The number of H-pyrrole nitrogens is 1. The van der Waals surface area contributed by atoms with E-state index in [2.05, 4.69) is 20.6 Å². The average Bonchev–Trinajstić information content (AvgIpc) is 3.48. The summed E-state index contributed by atoms with van der Waals surface area (Å²) < 4.78 is 10.4. The highest BCUT2D eigenvalue weighted by Crippen LogP contribution is 2.39. The molecule has 1 amide bonds. The third-order valence-corrected chi connectivity index (χ3v) is 6.37. The van der Waals surface area contributed by atoms with Gasteiger partial charge in [0.15, 0.2) is 0 Å². The highest BCUT2D eigenvalue weighted by molar-refractivity contribution is 5.80. The van der Waals surface area contributed by atoms with E-state index in [0.29, 0.717) is 26.1 Å². The molecule has 2 aromatic carbocycles. The summed E-state index contributed by atoms with van der Waals surface area (Å²) in [4.78, 5) is 20.8. The van der Waals surface area contributed by atoms with Crippen molar-refractivity contribution in [3.05, 3.63) is 72.1 Å². The van der Waals surface area contributed by atoms with E-state index in [1.54, 1.807) is 20.4 Å². The zero-order valence-corrected chi connectivity index (χ0v) is 19.5. The monoisotopic (exact) mass is 464 g/mol. The first-order chi connectivity index (χ1) is 16.6. The molecule has 34 heavy (non-hydrogen) atoms. The number of methoxy groups -OCH3 is 2. The number of benzene rings is 2. The van der Waals surface area contributed by atoms with Gasteiger partial charge in [-0.05, 0) is 24.1 Å². The Kier molecular flexibility index (Phi) is 7.95. The molecule has 8 nitrogen and oxygen atoms in total. The number of carbonyl (C=O) groups excluding carboxylic acids is 1. The van der Waals surface area contributed by atoms with E-state index in [9.17, 15) is 9.90 Å². The molecule has 1 aromatic heterocycles. The Hall–Kier alpha value is -3.20. The van der Waals surface area contributed by atoms with Crippen molar-refractivity contribution in [1.82, 2.24) is 20.6 Å². The van der Waals surface area contributed by atoms with Crippen LogP contribution in [0.1, 0.15) is 23.6 Å². The van der Waals surface area contributed by atoms with E-state index >= 15 is 0 Å². The number of aliphatic hydroxyl groups is 1. The number of amides is 1. The maximum absolute atomic E-state index is 12.8. The molecule has 1 aliphatic rings. The number of ether oxygens (including phenoxy) is 2. The number of hydrogen-bond acceptors (Lipinski definition) is 6. The molecule has 1 saturated carbocycles. The van der Waals surface area contributed by atoms with Crippen LogP contribution in [0.25, 0.3) is 11.4 Å². The van der Waals surface area contributed by atoms with Crippen molar-refractivity contribution in [2.24, 2.45) is 5.92 Å². The van der Waals surface area contributed by atoms with Crippen molar-refractivity contribution < 1.29 is 19.4 Å². The van der Waals surface area contributed by atoms with Gasteiger partial charge in [-0.25, -0.2) is 4.98 Å². The highest BCUT2D eigenvalue weighted by Gasteiger charge is 2.47. The Balaban J connectivity index is 1.55. The van der Waals surface area contributed by atoms with E-state index < -0.39 is 12.0 Å². The summed E-state index contributed by atoms with van der Waals surface area (Å²) in [5, 5.41) is 17.7. The summed E-state index contributed by atoms with van der Waals surface area (Å²) in [6.45, 7) is 1.42. The van der Waals surface area contributed by atoms with Crippen LogP contribution in [0.4, 0.5) is 0 Å². The fourth-order valence-electron chi connectivity index (χ4n) is 4.61. The van der Waals surface area contributed by atoms with Crippen LogP contribution in [0, 0.1) is 5.92 Å².